The number of hydrogen-bond donors (Lipinski definition) is 0. The molecule has 1 heterocycles. The maximum absolute atomic E-state index is 5.64. The average molecular weight is 136 g/mol. The summed E-state index contributed by atoms with van der Waals surface area (Å²) in [5.41, 5.74) is 0. The minimum Gasteiger partial charge on any atom is -0.366 e. The summed E-state index contributed by atoms with van der Waals surface area (Å²) < 4.78 is 3.78. The van der Waals surface area contributed by atoms with Crippen molar-refractivity contribution in [3.8, 4) is 0 Å². The summed E-state index contributed by atoms with van der Waals surface area (Å²) in [7, 11) is 10.2. The molecule has 1 aliphatic heterocycles. The van der Waals surface area contributed by atoms with Crippen molar-refractivity contribution in [3.63, 3.8) is 0 Å². The molecule has 0 spiro atoms. The van der Waals surface area contributed by atoms with Gasteiger partial charge in [-0.05, 0) is 26.1 Å². The maximum Gasteiger partial charge on any atom is 0.173 e. The molecule has 1 fully saturated rings. The summed E-state index contributed by atoms with van der Waals surface area (Å²) in [6.07, 6.45) is 1.10. The molecule has 0 N–H and O–H groups in total. The summed E-state index contributed by atoms with van der Waals surface area (Å²) in [5, 5.41) is 0. The van der Waals surface area contributed by atoms with Gasteiger partial charge in [0, 0.05) is 0 Å². The highest BCUT2D eigenvalue weighted by molar-refractivity contribution is 6.62. The Balaban J connectivity index is 2.41. The Bertz CT molecular complexity index is 92.6. The summed E-state index contributed by atoms with van der Waals surface area (Å²) in [6, 6.07) is 0. The van der Waals surface area contributed by atoms with Crippen molar-refractivity contribution in [2.75, 3.05) is 13.1 Å². The van der Waals surface area contributed by atoms with E-state index in [1.165, 1.54) is 0 Å². The predicted molar refractivity (Wildman–Crippen MR) is 42.6 cm³/mol. The molecule has 0 atom stereocenters. The summed E-state index contributed by atoms with van der Waals surface area (Å²) in [4.78, 5) is 0. The van der Waals surface area contributed by atoms with E-state index in [9.17, 15) is 0 Å². The monoisotopic (exact) mass is 136 g/mol. The van der Waals surface area contributed by atoms with E-state index in [0.29, 0.717) is 0 Å². The van der Waals surface area contributed by atoms with Crippen LogP contribution in [0.25, 0.3) is 0 Å². The Hall–Kier alpha value is 0.267. The fourth-order valence-electron chi connectivity index (χ4n) is 1.00. The molecule has 1 saturated heterocycles. The van der Waals surface area contributed by atoms with Crippen LogP contribution in [0.3, 0.4) is 0 Å². The molecule has 0 aliphatic carbocycles. The van der Waals surface area contributed by atoms with Gasteiger partial charge in [0.1, 0.15) is 0 Å². The normalized spacial score (nSPS) is 26.8. The van der Waals surface area contributed by atoms with Crippen molar-refractivity contribution in [3.05, 3.63) is 0 Å². The smallest absolute Gasteiger partial charge is 0.173 e. The zero-order chi connectivity index (χ0) is 6.85. The Labute approximate surface area is 60.8 Å². The fourth-order valence-corrected chi connectivity index (χ4v) is 2.49. The van der Waals surface area contributed by atoms with Gasteiger partial charge >= 0.3 is 0 Å². The summed E-state index contributed by atoms with van der Waals surface area (Å²) >= 11 is 0. The van der Waals surface area contributed by atoms with E-state index >= 15 is 0 Å². The lowest BCUT2D eigenvalue weighted by molar-refractivity contribution is 0.469. The van der Waals surface area contributed by atoms with Crippen molar-refractivity contribution in [1.29, 1.82) is 0 Å². The second kappa shape index (κ2) is 2.90. The van der Waals surface area contributed by atoms with E-state index in [1.54, 1.807) is 0 Å². The van der Waals surface area contributed by atoms with Gasteiger partial charge in [0.2, 0.25) is 0 Å². The van der Waals surface area contributed by atoms with Crippen molar-refractivity contribution in [2.45, 2.75) is 13.0 Å². The number of rotatable bonds is 0. The van der Waals surface area contributed by atoms with E-state index < -0.39 is 9.12 Å². The van der Waals surface area contributed by atoms with E-state index in [1.807, 2.05) is 8.95 Å². The van der Waals surface area contributed by atoms with Gasteiger partial charge in [-0.3, -0.25) is 0 Å². The first-order valence-electron chi connectivity index (χ1n) is 3.24. The molecule has 0 saturated carbocycles. The zero-order valence-corrected chi connectivity index (χ0v) is 6.90. The molecular weight excluding hydrogens is 126 g/mol. The van der Waals surface area contributed by atoms with Gasteiger partial charge in [-0.1, -0.05) is 0 Å². The summed E-state index contributed by atoms with van der Waals surface area (Å²) in [5.74, 6) is 0. The molecule has 0 aromatic rings. The predicted octanol–water partition coefficient (Wildman–Crippen LogP) is -0.989. The quantitative estimate of drug-likeness (QED) is 0.394. The van der Waals surface area contributed by atoms with Crippen molar-refractivity contribution < 1.29 is 0 Å². The lowest BCUT2D eigenvalue weighted by atomic mass is 10.3. The minimum atomic E-state index is -1.06. The topological polar surface area (TPSA) is 6.48 Å². The first-order valence-corrected chi connectivity index (χ1v) is 5.43. The van der Waals surface area contributed by atoms with Crippen LogP contribution in [0.5, 0.6) is 0 Å². The first kappa shape index (κ1) is 7.37. The fraction of sp³-hybridized carbons (Fsp3) is 1.00. The SMILES string of the molecule is [B]N1CCCN([B])[SiH]1C. The van der Waals surface area contributed by atoms with Crippen LogP contribution < -0.4 is 0 Å². The molecule has 0 unspecified atom stereocenters. The third kappa shape index (κ3) is 1.60. The van der Waals surface area contributed by atoms with Crippen LogP contribution in [0.1, 0.15) is 6.42 Å². The number of hydrogen-bond acceptors (Lipinski definition) is 2. The van der Waals surface area contributed by atoms with Gasteiger partial charge in [0.25, 0.3) is 0 Å². The van der Waals surface area contributed by atoms with Gasteiger partial charge in [0.15, 0.2) is 25.1 Å². The van der Waals surface area contributed by atoms with E-state index in [4.69, 9.17) is 16.0 Å². The van der Waals surface area contributed by atoms with Crippen LogP contribution in [-0.4, -0.2) is 47.1 Å². The van der Waals surface area contributed by atoms with Crippen molar-refractivity contribution >= 4 is 25.1 Å². The number of nitrogens with zero attached hydrogens (tertiary/aromatic N) is 2. The highest BCUT2D eigenvalue weighted by Crippen LogP contribution is 2.03. The van der Waals surface area contributed by atoms with E-state index in [-0.39, 0.29) is 0 Å². The second-order valence-electron chi connectivity index (χ2n) is 2.46. The molecule has 0 aromatic heterocycles. The van der Waals surface area contributed by atoms with E-state index in [2.05, 4.69) is 6.55 Å². The van der Waals surface area contributed by atoms with Gasteiger partial charge in [0.05, 0.1) is 0 Å². The molecule has 1 rings (SSSR count). The molecule has 1 aliphatic rings. The molecule has 5 heteroatoms. The molecule has 0 amide bonds. The molecule has 0 aromatic carbocycles. The molecule has 0 bridgehead atoms. The van der Waals surface area contributed by atoms with Crippen LogP contribution in [0.4, 0.5) is 0 Å². The third-order valence-corrected chi connectivity index (χ3v) is 4.23. The van der Waals surface area contributed by atoms with Crippen LogP contribution >= 0.6 is 0 Å². The molecular formula is C4H10B2N2Si. The van der Waals surface area contributed by atoms with Crippen molar-refractivity contribution in [2.24, 2.45) is 0 Å². The minimum absolute atomic E-state index is 1.01. The highest BCUT2D eigenvalue weighted by Gasteiger charge is 2.19. The molecule has 2 nitrogen and oxygen atoms in total. The first-order chi connectivity index (χ1) is 4.22. The summed E-state index contributed by atoms with van der Waals surface area (Å²) in [6.45, 7) is 4.17. The molecule has 46 valence electrons. The van der Waals surface area contributed by atoms with Crippen LogP contribution in [0.2, 0.25) is 6.55 Å². The van der Waals surface area contributed by atoms with Crippen LogP contribution in [-0.2, 0) is 0 Å². The van der Waals surface area contributed by atoms with Gasteiger partial charge in [-0.15, -0.1) is 0 Å². The van der Waals surface area contributed by atoms with Gasteiger partial charge in [-0.2, -0.15) is 0 Å². The van der Waals surface area contributed by atoms with Crippen LogP contribution in [0.15, 0.2) is 0 Å². The Morgan fingerprint density at radius 2 is 1.67 bits per heavy atom. The Morgan fingerprint density at radius 3 is 2.00 bits per heavy atom. The van der Waals surface area contributed by atoms with Gasteiger partial charge in [-0.25, -0.2) is 0 Å². The van der Waals surface area contributed by atoms with E-state index in [0.717, 1.165) is 19.5 Å². The lowest BCUT2D eigenvalue weighted by Gasteiger charge is -2.37. The average Bonchev–Trinajstić information content (AvgIpc) is 1.83. The largest absolute Gasteiger partial charge is 0.366 e. The second-order valence-corrected chi connectivity index (χ2v) is 5.05. The Kier molecular flexibility index (Phi) is 2.38. The van der Waals surface area contributed by atoms with Gasteiger partial charge < -0.3 is 8.95 Å². The molecule has 9 heavy (non-hydrogen) atoms. The highest BCUT2D eigenvalue weighted by atomic mass is 28.3. The Morgan fingerprint density at radius 1 is 1.22 bits per heavy atom. The zero-order valence-electron chi connectivity index (χ0n) is 5.75. The lowest BCUT2D eigenvalue weighted by Crippen LogP contribution is -2.53. The van der Waals surface area contributed by atoms with Crippen molar-refractivity contribution in [1.82, 2.24) is 8.95 Å². The van der Waals surface area contributed by atoms with Crippen LogP contribution in [0, 0.1) is 0 Å². The third-order valence-electron chi connectivity index (χ3n) is 1.79. The standard InChI is InChI=1S/C4H10B2N2Si/c1-9-7(5)3-2-4-8(9)6/h9H,2-4H2,1H3. The molecule has 4 radical (unpaired) electrons. The maximum atomic E-state index is 5.64.